The molecule has 0 aliphatic carbocycles. The molecule has 2 N–H and O–H groups in total. The number of hydrogen-bond acceptors (Lipinski definition) is 2. The maximum absolute atomic E-state index is 3.03. The molecule has 1 unspecified atom stereocenters. The predicted molar refractivity (Wildman–Crippen MR) is 38.8 cm³/mol. The third-order valence-corrected chi connectivity index (χ3v) is 3.04. The summed E-state index contributed by atoms with van der Waals surface area (Å²) in [7, 11) is 0.311. The molecular formula is C2H5IN2S. The summed E-state index contributed by atoms with van der Waals surface area (Å²) in [4.78, 5) is 3.03. The molecule has 0 bridgehead atoms. The number of rotatable bonds is 0. The van der Waals surface area contributed by atoms with Crippen molar-refractivity contribution in [2.45, 2.75) is 0 Å². The molecule has 0 aromatic carbocycles. The van der Waals surface area contributed by atoms with Crippen molar-refractivity contribution in [3.63, 3.8) is 0 Å². The molecular weight excluding hydrogens is 211 g/mol. The molecule has 36 valence electrons. The van der Waals surface area contributed by atoms with Gasteiger partial charge in [-0.15, -0.1) is 0 Å². The monoisotopic (exact) mass is 216 g/mol. The lowest BCUT2D eigenvalue weighted by atomic mass is 10.8. The molecule has 0 spiro atoms. The number of halogens is 1. The average Bonchev–Trinajstić information content (AvgIpc) is 1.86. The molecule has 1 atom stereocenters. The first-order valence-electron chi connectivity index (χ1n) is 1.61. The van der Waals surface area contributed by atoms with Crippen molar-refractivity contribution in [2.24, 2.45) is 0 Å². The first-order valence-corrected chi connectivity index (χ1v) is 5.44. The van der Waals surface area contributed by atoms with Crippen molar-refractivity contribution in [1.82, 2.24) is 10.3 Å². The summed E-state index contributed by atoms with van der Waals surface area (Å²) >= 11 is 2.33. The van der Waals surface area contributed by atoms with Crippen molar-refractivity contribution in [3.8, 4) is 0 Å². The summed E-state index contributed by atoms with van der Waals surface area (Å²) in [5.41, 5.74) is 2.97. The third kappa shape index (κ3) is 1.18. The van der Waals surface area contributed by atoms with Crippen LogP contribution in [0, 0.1) is 0 Å². The van der Waals surface area contributed by atoms with Gasteiger partial charge in [0, 0.05) is 27.8 Å². The number of nitrogens with one attached hydrogen (secondary N) is 2. The van der Waals surface area contributed by atoms with Crippen LogP contribution in [0.25, 0.3) is 0 Å². The Morgan fingerprint density at radius 2 is 2.67 bits per heavy atom. The molecule has 0 amide bonds. The highest BCUT2D eigenvalue weighted by molar-refractivity contribution is 14.2. The highest BCUT2D eigenvalue weighted by Gasteiger charge is 1.91. The standard InChI is InChI=1S/C2H5IN2S/c3-6-2-1-4-5-6/h2,4-5H,1H2. The van der Waals surface area contributed by atoms with Crippen LogP contribution in [0.3, 0.4) is 0 Å². The topological polar surface area (TPSA) is 24.1 Å². The minimum atomic E-state index is 0.311. The van der Waals surface area contributed by atoms with Crippen molar-refractivity contribution in [1.29, 1.82) is 0 Å². The molecule has 4 heteroatoms. The second kappa shape index (κ2) is 2.25. The number of hydrogen-bond donors (Lipinski definition) is 2. The fourth-order valence-corrected chi connectivity index (χ4v) is 1.81. The van der Waals surface area contributed by atoms with Crippen LogP contribution in [0.4, 0.5) is 0 Å². The Morgan fingerprint density at radius 1 is 1.83 bits per heavy atom. The van der Waals surface area contributed by atoms with E-state index in [-0.39, 0.29) is 0 Å². The maximum atomic E-state index is 3.03. The molecule has 0 aromatic heterocycles. The molecule has 0 fully saturated rings. The van der Waals surface area contributed by atoms with Crippen LogP contribution in [0.2, 0.25) is 0 Å². The van der Waals surface area contributed by atoms with Crippen LogP contribution in [-0.4, -0.2) is 11.9 Å². The number of hydrazine groups is 1. The lowest BCUT2D eigenvalue weighted by Crippen LogP contribution is -2.19. The van der Waals surface area contributed by atoms with E-state index in [9.17, 15) is 0 Å². The van der Waals surface area contributed by atoms with Gasteiger partial charge in [-0.3, -0.25) is 0 Å². The second-order valence-corrected chi connectivity index (χ2v) is 4.89. The van der Waals surface area contributed by atoms with E-state index in [1.807, 2.05) is 0 Å². The van der Waals surface area contributed by atoms with Gasteiger partial charge < -0.3 is 0 Å². The summed E-state index contributed by atoms with van der Waals surface area (Å²) in [6, 6.07) is 0. The lowest BCUT2D eigenvalue weighted by Gasteiger charge is -1.88. The third-order valence-electron chi connectivity index (χ3n) is 0.501. The predicted octanol–water partition coefficient (Wildman–Crippen LogP) is 0.430. The summed E-state index contributed by atoms with van der Waals surface area (Å²) in [6.45, 7) is 1.01. The van der Waals surface area contributed by atoms with Crippen LogP contribution in [-0.2, 0) is 0 Å². The van der Waals surface area contributed by atoms with Gasteiger partial charge in [0.1, 0.15) is 0 Å². The summed E-state index contributed by atoms with van der Waals surface area (Å²) in [5, 5.41) is 2.19. The zero-order chi connectivity index (χ0) is 4.41. The maximum Gasteiger partial charge on any atom is 0.0363 e. The first-order chi connectivity index (χ1) is 2.89. The average molecular weight is 216 g/mol. The van der Waals surface area contributed by atoms with Gasteiger partial charge in [0.2, 0.25) is 0 Å². The van der Waals surface area contributed by atoms with Crippen LogP contribution < -0.4 is 10.3 Å². The van der Waals surface area contributed by atoms with Gasteiger partial charge in [-0.1, -0.05) is 0 Å². The first kappa shape index (κ1) is 5.02. The van der Waals surface area contributed by atoms with E-state index in [1.54, 1.807) is 0 Å². The van der Waals surface area contributed by atoms with E-state index in [4.69, 9.17) is 0 Å². The van der Waals surface area contributed by atoms with Gasteiger partial charge in [0.25, 0.3) is 0 Å². The highest BCUT2D eigenvalue weighted by Crippen LogP contribution is 2.16. The van der Waals surface area contributed by atoms with Gasteiger partial charge in [-0.2, -0.15) is 4.83 Å². The SMILES string of the molecule is IS1=CCNN1. The van der Waals surface area contributed by atoms with E-state index in [1.165, 1.54) is 0 Å². The molecule has 2 nitrogen and oxygen atoms in total. The van der Waals surface area contributed by atoms with Gasteiger partial charge in [-0.25, -0.2) is 5.43 Å². The smallest absolute Gasteiger partial charge is 0.0363 e. The van der Waals surface area contributed by atoms with Gasteiger partial charge in [0.15, 0.2) is 0 Å². The van der Waals surface area contributed by atoms with E-state index in [0.717, 1.165) is 6.54 Å². The van der Waals surface area contributed by atoms with E-state index in [0.29, 0.717) is 7.84 Å². The van der Waals surface area contributed by atoms with Crippen molar-refractivity contribution in [3.05, 3.63) is 0 Å². The Labute approximate surface area is 51.3 Å². The largest absolute Gasteiger partial charge is 0.243 e. The molecule has 1 aliphatic heterocycles. The molecule has 1 heterocycles. The van der Waals surface area contributed by atoms with Crippen LogP contribution in [0.1, 0.15) is 0 Å². The van der Waals surface area contributed by atoms with Crippen molar-refractivity contribution >= 4 is 34.4 Å². The Morgan fingerprint density at radius 3 is 2.83 bits per heavy atom. The Bertz CT molecular complexity index is 81.6. The Kier molecular flexibility index (Phi) is 1.88. The van der Waals surface area contributed by atoms with Gasteiger partial charge in [0.05, 0.1) is 0 Å². The minimum Gasteiger partial charge on any atom is -0.243 e. The van der Waals surface area contributed by atoms with Gasteiger partial charge >= 0.3 is 0 Å². The highest BCUT2D eigenvalue weighted by atomic mass is 127. The molecule has 1 aliphatic rings. The van der Waals surface area contributed by atoms with Crippen molar-refractivity contribution in [2.75, 3.05) is 6.54 Å². The zero-order valence-electron chi connectivity index (χ0n) is 3.07. The van der Waals surface area contributed by atoms with E-state index in [2.05, 4.69) is 36.8 Å². The fraction of sp³-hybridized carbons (Fsp3) is 0.500. The van der Waals surface area contributed by atoms with E-state index < -0.39 is 0 Å². The molecule has 0 saturated carbocycles. The van der Waals surface area contributed by atoms with Crippen LogP contribution >= 0.6 is 29.0 Å². The Hall–Kier alpha value is 0.870. The molecule has 1 rings (SSSR count). The minimum absolute atomic E-state index is 0.311. The summed E-state index contributed by atoms with van der Waals surface area (Å²) < 4.78 is 0. The fourth-order valence-electron chi connectivity index (χ4n) is 0.267. The summed E-state index contributed by atoms with van der Waals surface area (Å²) in [6.07, 6.45) is 0. The molecule has 0 saturated heterocycles. The van der Waals surface area contributed by atoms with Gasteiger partial charge in [-0.05, 0) is 13.2 Å². The summed E-state index contributed by atoms with van der Waals surface area (Å²) in [5.74, 6) is 0. The van der Waals surface area contributed by atoms with Crippen molar-refractivity contribution < 1.29 is 0 Å². The quantitative estimate of drug-likeness (QED) is 0.453. The molecule has 0 aromatic rings. The molecule has 6 heavy (non-hydrogen) atoms. The van der Waals surface area contributed by atoms with Crippen LogP contribution in [0.5, 0.6) is 0 Å². The second-order valence-electron chi connectivity index (χ2n) is 0.934. The normalized spacial score (nSPS) is 33.2. The molecule has 0 radical (unpaired) electrons. The Balaban J connectivity index is 2.45. The van der Waals surface area contributed by atoms with Crippen LogP contribution in [0.15, 0.2) is 0 Å². The lowest BCUT2D eigenvalue weighted by molar-refractivity contribution is 0.797. The van der Waals surface area contributed by atoms with E-state index >= 15 is 0 Å². The zero-order valence-corrected chi connectivity index (χ0v) is 6.04.